The van der Waals surface area contributed by atoms with E-state index < -0.39 is 0 Å². The Labute approximate surface area is 124 Å². The van der Waals surface area contributed by atoms with Gasteiger partial charge in [0.2, 0.25) is 0 Å². The van der Waals surface area contributed by atoms with Gasteiger partial charge >= 0.3 is 0 Å². The normalized spacial score (nSPS) is 19.5. The summed E-state index contributed by atoms with van der Waals surface area (Å²) in [6.45, 7) is 12.2. The molecule has 1 aromatic rings. The van der Waals surface area contributed by atoms with Crippen molar-refractivity contribution in [3.05, 3.63) is 34.9 Å². The highest BCUT2D eigenvalue weighted by Gasteiger charge is 2.27. The van der Waals surface area contributed by atoms with E-state index >= 15 is 0 Å². The van der Waals surface area contributed by atoms with Gasteiger partial charge in [-0.3, -0.25) is 4.90 Å². The molecule has 0 saturated carbocycles. The number of piperidine rings is 1. The second kappa shape index (κ2) is 6.73. The van der Waals surface area contributed by atoms with Crippen LogP contribution in [0, 0.1) is 25.7 Å². The van der Waals surface area contributed by atoms with Gasteiger partial charge in [-0.25, -0.2) is 0 Å². The maximum atomic E-state index is 6.11. The van der Waals surface area contributed by atoms with Gasteiger partial charge in [0.25, 0.3) is 0 Å². The van der Waals surface area contributed by atoms with E-state index in [1.165, 1.54) is 42.6 Å². The monoisotopic (exact) mass is 274 g/mol. The SMILES string of the molecule is Cc1ccc(C)c(C(CN)N2CCC(C(C)C)CC2)c1. The van der Waals surface area contributed by atoms with Crippen LogP contribution in [0.4, 0.5) is 0 Å². The summed E-state index contributed by atoms with van der Waals surface area (Å²) >= 11 is 0. The van der Waals surface area contributed by atoms with E-state index in [2.05, 4.69) is 50.8 Å². The summed E-state index contributed by atoms with van der Waals surface area (Å²) in [7, 11) is 0. The van der Waals surface area contributed by atoms with Gasteiger partial charge in [0.1, 0.15) is 0 Å². The maximum absolute atomic E-state index is 6.11. The largest absolute Gasteiger partial charge is 0.329 e. The van der Waals surface area contributed by atoms with E-state index in [1.54, 1.807) is 0 Å². The van der Waals surface area contributed by atoms with Crippen LogP contribution in [-0.4, -0.2) is 24.5 Å². The molecule has 1 unspecified atom stereocenters. The maximum Gasteiger partial charge on any atom is 0.0473 e. The molecule has 0 aromatic heterocycles. The van der Waals surface area contributed by atoms with Crippen LogP contribution in [0.1, 0.15) is 49.4 Å². The first kappa shape index (κ1) is 15.5. The molecular weight excluding hydrogens is 244 g/mol. The van der Waals surface area contributed by atoms with E-state index in [0.717, 1.165) is 18.4 Å². The number of nitrogens with two attached hydrogens (primary N) is 1. The molecule has 1 aliphatic heterocycles. The minimum Gasteiger partial charge on any atom is -0.329 e. The number of nitrogens with zero attached hydrogens (tertiary/aromatic N) is 1. The van der Waals surface area contributed by atoms with Crippen LogP contribution in [-0.2, 0) is 0 Å². The fraction of sp³-hybridized carbons (Fsp3) is 0.667. The lowest BCUT2D eigenvalue weighted by Crippen LogP contribution is -2.41. The van der Waals surface area contributed by atoms with Gasteiger partial charge in [-0.15, -0.1) is 0 Å². The second-order valence-electron chi connectivity index (χ2n) is 6.73. The van der Waals surface area contributed by atoms with Crippen molar-refractivity contribution in [2.75, 3.05) is 19.6 Å². The standard InChI is InChI=1S/C18H30N2/c1-13(2)16-7-9-20(10-8-16)18(12-19)17-11-14(3)5-6-15(17)4/h5-6,11,13,16,18H,7-10,12,19H2,1-4H3. The molecule has 112 valence electrons. The third-order valence-electron chi connectivity index (χ3n) is 4.97. The Morgan fingerprint density at radius 2 is 1.85 bits per heavy atom. The molecule has 0 radical (unpaired) electrons. The molecule has 2 rings (SSSR count). The first-order valence-corrected chi connectivity index (χ1v) is 8.04. The summed E-state index contributed by atoms with van der Waals surface area (Å²) in [6.07, 6.45) is 2.64. The Hall–Kier alpha value is -0.860. The topological polar surface area (TPSA) is 29.3 Å². The predicted molar refractivity (Wildman–Crippen MR) is 86.8 cm³/mol. The fourth-order valence-corrected chi connectivity index (χ4v) is 3.49. The Morgan fingerprint density at radius 1 is 1.20 bits per heavy atom. The van der Waals surface area contributed by atoms with E-state index in [-0.39, 0.29) is 0 Å². The lowest BCUT2D eigenvalue weighted by molar-refractivity contribution is 0.117. The van der Waals surface area contributed by atoms with E-state index in [9.17, 15) is 0 Å². The van der Waals surface area contributed by atoms with Crippen LogP contribution in [0.15, 0.2) is 18.2 Å². The molecule has 1 fully saturated rings. The molecule has 1 aromatic carbocycles. The van der Waals surface area contributed by atoms with Crippen LogP contribution < -0.4 is 5.73 Å². The number of hydrogen-bond donors (Lipinski definition) is 1. The third kappa shape index (κ3) is 3.42. The summed E-state index contributed by atoms with van der Waals surface area (Å²) < 4.78 is 0. The quantitative estimate of drug-likeness (QED) is 0.907. The van der Waals surface area contributed by atoms with Crippen molar-refractivity contribution in [2.45, 2.75) is 46.6 Å². The molecule has 1 atom stereocenters. The Balaban J connectivity index is 2.11. The molecule has 0 bridgehead atoms. The molecule has 1 heterocycles. The minimum atomic E-state index is 0.392. The molecule has 0 spiro atoms. The van der Waals surface area contributed by atoms with Gasteiger partial charge in [-0.05, 0) is 62.7 Å². The summed E-state index contributed by atoms with van der Waals surface area (Å²) in [5, 5.41) is 0. The van der Waals surface area contributed by atoms with Gasteiger partial charge in [0.15, 0.2) is 0 Å². The first-order valence-electron chi connectivity index (χ1n) is 8.04. The number of aryl methyl sites for hydroxylation is 2. The molecule has 0 aliphatic carbocycles. The van der Waals surface area contributed by atoms with Gasteiger partial charge in [-0.1, -0.05) is 37.6 Å². The van der Waals surface area contributed by atoms with Gasteiger partial charge in [-0.2, -0.15) is 0 Å². The molecule has 0 amide bonds. The minimum absolute atomic E-state index is 0.392. The Kier molecular flexibility index (Phi) is 5.22. The lowest BCUT2D eigenvalue weighted by atomic mass is 9.85. The van der Waals surface area contributed by atoms with Crippen LogP contribution in [0.25, 0.3) is 0 Å². The Morgan fingerprint density at radius 3 is 2.40 bits per heavy atom. The van der Waals surface area contributed by atoms with Gasteiger partial charge in [0, 0.05) is 12.6 Å². The second-order valence-corrected chi connectivity index (χ2v) is 6.73. The Bertz CT molecular complexity index is 431. The smallest absolute Gasteiger partial charge is 0.0473 e. The average molecular weight is 274 g/mol. The fourth-order valence-electron chi connectivity index (χ4n) is 3.49. The molecular formula is C18H30N2. The lowest BCUT2D eigenvalue weighted by Gasteiger charge is -2.39. The number of benzene rings is 1. The molecule has 1 aliphatic rings. The highest BCUT2D eigenvalue weighted by atomic mass is 15.2. The van der Waals surface area contributed by atoms with Crippen LogP contribution in [0.3, 0.4) is 0 Å². The zero-order valence-corrected chi connectivity index (χ0v) is 13.5. The van der Waals surface area contributed by atoms with E-state index in [4.69, 9.17) is 5.73 Å². The van der Waals surface area contributed by atoms with E-state index in [1.807, 2.05) is 0 Å². The molecule has 2 N–H and O–H groups in total. The molecule has 2 nitrogen and oxygen atoms in total. The van der Waals surface area contributed by atoms with Crippen LogP contribution in [0.5, 0.6) is 0 Å². The molecule has 2 heteroatoms. The highest BCUT2D eigenvalue weighted by Crippen LogP contribution is 2.31. The summed E-state index contributed by atoms with van der Waals surface area (Å²) in [6, 6.07) is 7.13. The number of likely N-dealkylation sites (tertiary alicyclic amines) is 1. The van der Waals surface area contributed by atoms with Crippen molar-refractivity contribution in [3.8, 4) is 0 Å². The summed E-state index contributed by atoms with van der Waals surface area (Å²) in [4.78, 5) is 2.60. The highest BCUT2D eigenvalue weighted by molar-refractivity contribution is 5.33. The predicted octanol–water partition coefficient (Wildman–Crippen LogP) is 3.67. The van der Waals surface area contributed by atoms with Crippen LogP contribution in [0.2, 0.25) is 0 Å². The summed E-state index contributed by atoms with van der Waals surface area (Å²) in [5.74, 6) is 1.71. The average Bonchev–Trinajstić information content (AvgIpc) is 2.44. The summed E-state index contributed by atoms with van der Waals surface area (Å²) in [5.41, 5.74) is 10.2. The molecule has 20 heavy (non-hydrogen) atoms. The van der Waals surface area contributed by atoms with Crippen molar-refractivity contribution >= 4 is 0 Å². The number of hydrogen-bond acceptors (Lipinski definition) is 2. The van der Waals surface area contributed by atoms with Crippen molar-refractivity contribution in [1.29, 1.82) is 0 Å². The van der Waals surface area contributed by atoms with Gasteiger partial charge in [0.05, 0.1) is 0 Å². The number of rotatable bonds is 4. The zero-order chi connectivity index (χ0) is 14.7. The first-order chi connectivity index (χ1) is 9.52. The molecule has 1 saturated heterocycles. The van der Waals surface area contributed by atoms with E-state index in [0.29, 0.717) is 6.04 Å². The van der Waals surface area contributed by atoms with Crippen molar-refractivity contribution in [3.63, 3.8) is 0 Å². The third-order valence-corrected chi connectivity index (χ3v) is 4.97. The van der Waals surface area contributed by atoms with Gasteiger partial charge < -0.3 is 5.73 Å². The zero-order valence-electron chi connectivity index (χ0n) is 13.5. The van der Waals surface area contributed by atoms with Crippen LogP contribution >= 0.6 is 0 Å². The van der Waals surface area contributed by atoms with Crippen molar-refractivity contribution < 1.29 is 0 Å². The van der Waals surface area contributed by atoms with Crippen molar-refractivity contribution in [1.82, 2.24) is 4.90 Å². The van der Waals surface area contributed by atoms with Crippen molar-refractivity contribution in [2.24, 2.45) is 17.6 Å².